The number of nitrogens with two attached hydrogens (primary N) is 1. The number of carbonyl (C=O) groups is 2. The van der Waals surface area contributed by atoms with Gasteiger partial charge in [0.05, 0.1) is 47.2 Å². The maximum atomic E-state index is 14.2. The number of aliphatic hydroxyl groups excluding tert-OH is 1. The molecule has 1 heterocycles. The molecule has 2 aromatic rings. The number of alkyl halides is 3. The minimum atomic E-state index is -5.08. The summed E-state index contributed by atoms with van der Waals surface area (Å²) in [5.41, 5.74) is 0.333. The van der Waals surface area contributed by atoms with Crippen molar-refractivity contribution in [3.8, 4) is 17.2 Å². The number of aliphatic carboxylic acids is 1. The van der Waals surface area contributed by atoms with Crippen LogP contribution in [0.25, 0.3) is 11.1 Å². The molecular weight excluding hydrogens is 545 g/mol. The molecule has 4 rings (SSSR count). The monoisotopic (exact) mass is 570 g/mol. The molecule has 5 atom stereocenters. The minimum Gasteiger partial charge on any atom is -0.481 e. The molecule has 11 nitrogen and oxygen atoms in total. The third-order valence-corrected chi connectivity index (χ3v) is 10.1. The van der Waals surface area contributed by atoms with Gasteiger partial charge in [0.25, 0.3) is 0 Å². The second-order valence-electron chi connectivity index (χ2n) is 9.81. The van der Waals surface area contributed by atoms with Crippen molar-refractivity contribution in [3.05, 3.63) is 36.2 Å². The first-order valence-electron chi connectivity index (χ1n) is 11.7. The molecule has 2 unspecified atom stereocenters. The van der Waals surface area contributed by atoms with E-state index in [-0.39, 0.29) is 30.7 Å². The molecule has 2 saturated carbocycles. The van der Waals surface area contributed by atoms with Crippen LogP contribution in [0.1, 0.15) is 24.8 Å². The summed E-state index contributed by atoms with van der Waals surface area (Å²) in [6, 6.07) is 4.42. The van der Waals surface area contributed by atoms with Crippen molar-refractivity contribution in [2.45, 2.75) is 48.2 Å². The normalized spacial score (nSPS) is 28.7. The van der Waals surface area contributed by atoms with E-state index >= 15 is 0 Å². The highest BCUT2D eigenvalue weighted by Gasteiger charge is 2.75. The Morgan fingerprint density at radius 1 is 1.31 bits per heavy atom. The predicted octanol–water partition coefficient (Wildman–Crippen LogP) is 1.60. The first-order chi connectivity index (χ1) is 18.2. The molecule has 15 heteroatoms. The summed E-state index contributed by atoms with van der Waals surface area (Å²) in [4.78, 5) is 23.5. The van der Waals surface area contributed by atoms with Crippen LogP contribution < -0.4 is 5.73 Å². The molecule has 1 amide bonds. The van der Waals surface area contributed by atoms with Crippen molar-refractivity contribution in [1.82, 2.24) is 9.78 Å². The van der Waals surface area contributed by atoms with Gasteiger partial charge in [0.15, 0.2) is 9.84 Å². The number of halogens is 3. The number of hydrogen-bond acceptors (Lipinski definition) is 8. The summed E-state index contributed by atoms with van der Waals surface area (Å²) >= 11 is 0. The van der Waals surface area contributed by atoms with Gasteiger partial charge in [0, 0.05) is 24.8 Å². The highest BCUT2D eigenvalue weighted by Crippen LogP contribution is 2.66. The molecule has 0 aliphatic heterocycles. The Morgan fingerprint density at radius 2 is 2.00 bits per heavy atom. The van der Waals surface area contributed by atoms with Gasteiger partial charge in [-0.05, 0) is 37.0 Å². The highest BCUT2D eigenvalue weighted by molar-refractivity contribution is 7.92. The number of nitrogens with zero attached hydrogens (tertiary/aromatic N) is 3. The molecule has 2 aliphatic rings. The van der Waals surface area contributed by atoms with Gasteiger partial charge in [0.2, 0.25) is 5.91 Å². The van der Waals surface area contributed by atoms with Crippen molar-refractivity contribution in [2.75, 3.05) is 13.7 Å². The van der Waals surface area contributed by atoms with Crippen LogP contribution in [0.3, 0.4) is 0 Å². The standard InChI is InChI=1S/C24H25F3N4O7S/c1-38-19-7-15(8-23(19,21(34)35)18-9-22(18,12-28)20(29)33)39(36,37)17-3-2-13(6-16(17)24(25,26)27)14-10-30-31(11-14)4-5-32/h2-3,6,10-11,15,18-19,32H,4-5,7-9H2,1H3,(H2,29,33)(H,34,35)/t15-,18?,19+,22?,23+/m1/s1. The Balaban J connectivity index is 1.77. The Kier molecular flexibility index (Phi) is 7.03. The maximum Gasteiger partial charge on any atom is 0.417 e. The number of rotatable bonds is 9. The fourth-order valence-electron chi connectivity index (χ4n) is 5.76. The van der Waals surface area contributed by atoms with Gasteiger partial charge in [-0.2, -0.15) is 23.5 Å². The number of carboxylic acids is 1. The van der Waals surface area contributed by atoms with Crippen molar-refractivity contribution in [1.29, 1.82) is 5.26 Å². The largest absolute Gasteiger partial charge is 0.481 e. The Morgan fingerprint density at radius 3 is 2.51 bits per heavy atom. The molecule has 0 spiro atoms. The summed E-state index contributed by atoms with van der Waals surface area (Å²) in [5, 5.41) is 31.1. The third kappa shape index (κ3) is 4.46. The number of aromatic nitrogens is 2. The lowest BCUT2D eigenvalue weighted by Crippen LogP contribution is -2.44. The van der Waals surface area contributed by atoms with Crippen LogP contribution in [0.5, 0.6) is 0 Å². The number of methoxy groups -OCH3 is 1. The molecule has 1 aromatic carbocycles. The first-order valence-corrected chi connectivity index (χ1v) is 13.3. The van der Waals surface area contributed by atoms with E-state index in [0.717, 1.165) is 13.2 Å². The second-order valence-corrected chi connectivity index (χ2v) is 12.0. The Labute approximate surface area is 220 Å². The van der Waals surface area contributed by atoms with Gasteiger partial charge in [-0.15, -0.1) is 0 Å². The summed E-state index contributed by atoms with van der Waals surface area (Å²) in [6.45, 7) is -0.139. The van der Waals surface area contributed by atoms with E-state index in [9.17, 15) is 41.5 Å². The summed E-state index contributed by atoms with van der Waals surface area (Å²) in [7, 11) is -3.66. The van der Waals surface area contributed by atoms with Crippen LogP contribution in [-0.4, -0.2) is 65.4 Å². The van der Waals surface area contributed by atoms with Gasteiger partial charge in [0.1, 0.15) is 10.8 Å². The van der Waals surface area contributed by atoms with E-state index in [2.05, 4.69) is 5.10 Å². The van der Waals surface area contributed by atoms with Crippen LogP contribution in [0.15, 0.2) is 35.5 Å². The van der Waals surface area contributed by atoms with Gasteiger partial charge >= 0.3 is 12.1 Å². The maximum absolute atomic E-state index is 14.2. The van der Waals surface area contributed by atoms with Crippen molar-refractivity contribution >= 4 is 21.7 Å². The minimum absolute atomic E-state index is 0.0322. The Bertz CT molecular complexity index is 1470. The lowest BCUT2D eigenvalue weighted by atomic mass is 9.75. The number of carboxylic acid groups (broad SMARTS) is 1. The van der Waals surface area contributed by atoms with Crippen LogP contribution in [0.4, 0.5) is 13.2 Å². The molecule has 39 heavy (non-hydrogen) atoms. The molecule has 1 aromatic heterocycles. The van der Waals surface area contributed by atoms with Gasteiger partial charge in [-0.25, -0.2) is 8.42 Å². The second kappa shape index (κ2) is 9.61. The molecule has 2 fully saturated rings. The first kappa shape index (κ1) is 28.5. The van der Waals surface area contributed by atoms with E-state index < -0.39 is 79.3 Å². The van der Waals surface area contributed by atoms with Crippen molar-refractivity contribution in [3.63, 3.8) is 0 Å². The molecule has 0 radical (unpaired) electrons. The van der Waals surface area contributed by atoms with Gasteiger partial charge in [-0.1, -0.05) is 6.07 Å². The van der Waals surface area contributed by atoms with Crippen LogP contribution in [0.2, 0.25) is 0 Å². The number of aliphatic hydroxyl groups is 1. The number of ether oxygens (including phenoxy) is 1. The molecular formula is C24H25F3N4O7S. The van der Waals surface area contributed by atoms with Crippen LogP contribution in [-0.2, 0) is 36.9 Å². The number of sulfone groups is 1. The molecule has 0 bridgehead atoms. The average molecular weight is 571 g/mol. The predicted molar refractivity (Wildman–Crippen MR) is 126 cm³/mol. The van der Waals surface area contributed by atoms with E-state index in [1.54, 1.807) is 6.07 Å². The fraction of sp³-hybridized carbons (Fsp3) is 0.500. The molecule has 2 aliphatic carbocycles. The van der Waals surface area contributed by atoms with Crippen LogP contribution >= 0.6 is 0 Å². The zero-order valence-electron chi connectivity index (χ0n) is 20.6. The number of nitriles is 1. The molecule has 4 N–H and O–H groups in total. The van der Waals surface area contributed by atoms with Gasteiger partial charge < -0.3 is 20.7 Å². The quantitative estimate of drug-likeness (QED) is 0.403. The lowest BCUT2D eigenvalue weighted by molar-refractivity contribution is -0.159. The summed E-state index contributed by atoms with van der Waals surface area (Å²) < 4.78 is 76.4. The molecule has 210 valence electrons. The van der Waals surface area contributed by atoms with E-state index in [1.165, 1.54) is 23.1 Å². The number of benzene rings is 1. The van der Waals surface area contributed by atoms with E-state index in [0.29, 0.717) is 6.07 Å². The van der Waals surface area contributed by atoms with E-state index in [4.69, 9.17) is 15.6 Å². The number of carbonyl (C=O) groups excluding carboxylic acids is 1. The topological polar surface area (TPSA) is 186 Å². The summed E-state index contributed by atoms with van der Waals surface area (Å²) in [5.74, 6) is -3.76. The average Bonchev–Trinajstić information content (AvgIpc) is 3.23. The highest BCUT2D eigenvalue weighted by atomic mass is 32.2. The zero-order chi connectivity index (χ0) is 29.0. The van der Waals surface area contributed by atoms with E-state index in [1.807, 2.05) is 0 Å². The Hall–Kier alpha value is -3.48. The van der Waals surface area contributed by atoms with Crippen molar-refractivity contribution in [2.24, 2.45) is 22.5 Å². The van der Waals surface area contributed by atoms with Crippen molar-refractivity contribution < 1.29 is 46.1 Å². The SMILES string of the molecule is CO[C@H]1C[C@@H](S(=O)(=O)c2ccc(-c3cnn(CCO)c3)cc2C(F)(F)F)C[C@]1(C(=O)O)C1CC1(C#N)C(N)=O. The number of primary amides is 1. The number of amides is 1. The lowest BCUT2D eigenvalue weighted by Gasteiger charge is -2.31. The fourth-order valence-corrected chi connectivity index (χ4v) is 7.78. The summed E-state index contributed by atoms with van der Waals surface area (Å²) in [6.07, 6.45) is -5.08. The number of hydrogen-bond donors (Lipinski definition) is 3. The zero-order valence-corrected chi connectivity index (χ0v) is 21.4. The third-order valence-electron chi connectivity index (χ3n) is 7.85. The smallest absolute Gasteiger partial charge is 0.417 e. The van der Waals surface area contributed by atoms with Crippen LogP contribution in [0, 0.1) is 28.1 Å². The van der Waals surface area contributed by atoms with Gasteiger partial charge in [-0.3, -0.25) is 14.3 Å². The molecule has 0 saturated heterocycles.